The monoisotopic (exact) mass is 300 g/mol. The van der Waals surface area contributed by atoms with E-state index in [9.17, 15) is 9.18 Å². The number of allylic oxidation sites excluding steroid dienone is 1. The lowest BCUT2D eigenvalue weighted by molar-refractivity contribution is 0.104. The molecule has 2 rings (SSSR count). The highest BCUT2D eigenvalue weighted by Gasteiger charge is 2.08. The third-order valence-electron chi connectivity index (χ3n) is 3.23. The molecule has 0 aromatic heterocycles. The van der Waals surface area contributed by atoms with Crippen molar-refractivity contribution in [2.45, 2.75) is 6.67 Å². The smallest absolute Gasteiger partial charge is 0.185 e. The van der Waals surface area contributed by atoms with Crippen LogP contribution in [0.15, 0.2) is 48.5 Å². The summed E-state index contributed by atoms with van der Waals surface area (Å²) in [7, 11) is 3.06. The predicted molar refractivity (Wildman–Crippen MR) is 84.2 cm³/mol. The highest BCUT2D eigenvalue weighted by Crippen LogP contribution is 2.27. The van der Waals surface area contributed by atoms with Crippen molar-refractivity contribution in [1.82, 2.24) is 0 Å². The second-order valence-corrected chi connectivity index (χ2v) is 4.64. The number of rotatable bonds is 6. The number of carbonyl (C=O) groups is 1. The lowest BCUT2D eigenvalue weighted by Crippen LogP contribution is -1.97. The Kier molecular flexibility index (Phi) is 5.31. The first-order valence-electron chi connectivity index (χ1n) is 6.77. The van der Waals surface area contributed by atoms with Crippen molar-refractivity contribution in [3.8, 4) is 11.5 Å². The molecule has 0 atom stereocenters. The van der Waals surface area contributed by atoms with E-state index in [1.165, 1.54) is 13.2 Å². The van der Waals surface area contributed by atoms with E-state index in [-0.39, 0.29) is 5.78 Å². The summed E-state index contributed by atoms with van der Waals surface area (Å²) in [6, 6.07) is 11.9. The van der Waals surface area contributed by atoms with Crippen LogP contribution in [0.5, 0.6) is 11.5 Å². The second kappa shape index (κ2) is 7.41. The van der Waals surface area contributed by atoms with Gasteiger partial charge < -0.3 is 9.47 Å². The zero-order chi connectivity index (χ0) is 15.9. The fraction of sp³-hybridized carbons (Fsp3) is 0.167. The molecule has 3 nitrogen and oxygen atoms in total. The number of benzene rings is 2. The molecular weight excluding hydrogens is 283 g/mol. The minimum atomic E-state index is -0.492. The second-order valence-electron chi connectivity index (χ2n) is 4.64. The Labute approximate surface area is 129 Å². The summed E-state index contributed by atoms with van der Waals surface area (Å²) in [5.41, 5.74) is 1.96. The summed E-state index contributed by atoms with van der Waals surface area (Å²) in [5, 5.41) is 0. The van der Waals surface area contributed by atoms with Gasteiger partial charge in [0.15, 0.2) is 17.3 Å². The number of ether oxygens (including phenoxy) is 2. The van der Waals surface area contributed by atoms with E-state index in [1.807, 2.05) is 0 Å². The molecule has 0 bridgehead atoms. The molecule has 0 saturated carbocycles. The van der Waals surface area contributed by atoms with E-state index in [2.05, 4.69) is 0 Å². The first-order valence-corrected chi connectivity index (χ1v) is 6.77. The molecule has 0 aliphatic heterocycles. The number of ketones is 1. The van der Waals surface area contributed by atoms with Crippen molar-refractivity contribution in [1.29, 1.82) is 0 Å². The van der Waals surface area contributed by atoms with Gasteiger partial charge in [0.1, 0.15) is 6.67 Å². The highest BCUT2D eigenvalue weighted by molar-refractivity contribution is 6.07. The number of carbonyl (C=O) groups excluding carboxylic acids is 1. The minimum absolute atomic E-state index is 0.143. The van der Waals surface area contributed by atoms with Crippen LogP contribution in [0.3, 0.4) is 0 Å². The average Bonchev–Trinajstić information content (AvgIpc) is 2.59. The standard InChI is InChI=1S/C18H17FO3/c1-21-17-10-8-15(11-18(17)22-2)16(20)9-7-13-3-5-14(12-19)6-4-13/h3-11H,12H2,1-2H3/b9-7+. The van der Waals surface area contributed by atoms with E-state index in [1.54, 1.807) is 55.7 Å². The lowest BCUT2D eigenvalue weighted by Gasteiger charge is -2.08. The Morgan fingerprint density at radius 3 is 2.32 bits per heavy atom. The number of alkyl halides is 1. The van der Waals surface area contributed by atoms with Gasteiger partial charge in [-0.25, -0.2) is 4.39 Å². The molecular formula is C18H17FO3. The lowest BCUT2D eigenvalue weighted by atomic mass is 10.1. The molecule has 0 amide bonds. The number of methoxy groups -OCH3 is 2. The average molecular weight is 300 g/mol. The number of halogens is 1. The molecule has 0 aliphatic rings. The van der Waals surface area contributed by atoms with Crippen molar-refractivity contribution < 1.29 is 18.7 Å². The summed E-state index contributed by atoms with van der Waals surface area (Å²) in [6.07, 6.45) is 3.17. The Bertz CT molecular complexity index is 675. The molecule has 0 N–H and O–H groups in total. The summed E-state index contributed by atoms with van der Waals surface area (Å²) in [4.78, 5) is 12.2. The Morgan fingerprint density at radius 1 is 1.05 bits per heavy atom. The quantitative estimate of drug-likeness (QED) is 0.596. The molecule has 0 heterocycles. The molecule has 0 aliphatic carbocycles. The van der Waals surface area contributed by atoms with Gasteiger partial charge in [-0.3, -0.25) is 4.79 Å². The first kappa shape index (κ1) is 15.8. The summed E-state index contributed by atoms with van der Waals surface area (Å²) >= 11 is 0. The SMILES string of the molecule is COc1ccc(C(=O)/C=C/c2ccc(CF)cc2)cc1OC. The van der Waals surface area contributed by atoms with Crippen LogP contribution >= 0.6 is 0 Å². The third-order valence-corrected chi connectivity index (χ3v) is 3.23. The van der Waals surface area contributed by atoms with Gasteiger partial charge in [-0.2, -0.15) is 0 Å². The van der Waals surface area contributed by atoms with Crippen LogP contribution in [0.4, 0.5) is 4.39 Å². The van der Waals surface area contributed by atoms with E-state index >= 15 is 0 Å². The fourth-order valence-corrected chi connectivity index (χ4v) is 1.98. The summed E-state index contributed by atoms with van der Waals surface area (Å²) < 4.78 is 22.7. The third kappa shape index (κ3) is 3.73. The van der Waals surface area contributed by atoms with E-state index in [0.29, 0.717) is 22.6 Å². The Balaban J connectivity index is 2.15. The Morgan fingerprint density at radius 2 is 1.73 bits per heavy atom. The van der Waals surface area contributed by atoms with Crippen LogP contribution in [0.2, 0.25) is 0 Å². The van der Waals surface area contributed by atoms with E-state index in [4.69, 9.17) is 9.47 Å². The molecule has 0 unspecified atom stereocenters. The van der Waals surface area contributed by atoms with Crippen molar-refractivity contribution in [2.24, 2.45) is 0 Å². The highest BCUT2D eigenvalue weighted by atomic mass is 19.1. The van der Waals surface area contributed by atoms with Crippen LogP contribution in [0, 0.1) is 0 Å². The maximum atomic E-state index is 12.4. The molecule has 0 fully saturated rings. The van der Waals surface area contributed by atoms with Crippen LogP contribution in [0.25, 0.3) is 6.08 Å². The topological polar surface area (TPSA) is 35.5 Å². The molecule has 0 spiro atoms. The molecule has 2 aromatic carbocycles. The van der Waals surface area contributed by atoms with Gasteiger partial charge in [-0.05, 0) is 35.4 Å². The molecule has 22 heavy (non-hydrogen) atoms. The van der Waals surface area contributed by atoms with Crippen molar-refractivity contribution in [2.75, 3.05) is 14.2 Å². The maximum absolute atomic E-state index is 12.4. The van der Waals surface area contributed by atoms with Crippen LogP contribution < -0.4 is 9.47 Å². The van der Waals surface area contributed by atoms with Gasteiger partial charge in [-0.1, -0.05) is 30.3 Å². The van der Waals surface area contributed by atoms with Crippen molar-refractivity contribution in [3.05, 3.63) is 65.2 Å². The first-order chi connectivity index (χ1) is 10.7. The molecule has 4 heteroatoms. The zero-order valence-corrected chi connectivity index (χ0v) is 12.5. The van der Waals surface area contributed by atoms with Gasteiger partial charge in [0.25, 0.3) is 0 Å². The Hall–Kier alpha value is -2.62. The van der Waals surface area contributed by atoms with Crippen LogP contribution in [-0.4, -0.2) is 20.0 Å². The van der Waals surface area contributed by atoms with Crippen LogP contribution in [0.1, 0.15) is 21.5 Å². The van der Waals surface area contributed by atoms with Gasteiger partial charge in [0.05, 0.1) is 14.2 Å². The predicted octanol–water partition coefficient (Wildman–Crippen LogP) is 4.07. The van der Waals surface area contributed by atoms with Crippen LogP contribution in [-0.2, 0) is 6.67 Å². The van der Waals surface area contributed by atoms with E-state index < -0.39 is 6.67 Å². The van der Waals surface area contributed by atoms with Gasteiger partial charge in [-0.15, -0.1) is 0 Å². The normalized spacial score (nSPS) is 10.7. The summed E-state index contributed by atoms with van der Waals surface area (Å²) in [5.74, 6) is 0.939. The molecule has 0 saturated heterocycles. The number of hydrogen-bond acceptors (Lipinski definition) is 3. The van der Waals surface area contributed by atoms with Crippen molar-refractivity contribution in [3.63, 3.8) is 0 Å². The van der Waals surface area contributed by atoms with Gasteiger partial charge in [0.2, 0.25) is 0 Å². The van der Waals surface area contributed by atoms with Gasteiger partial charge in [0, 0.05) is 5.56 Å². The van der Waals surface area contributed by atoms with E-state index in [0.717, 1.165) is 5.56 Å². The molecule has 114 valence electrons. The number of hydrogen-bond donors (Lipinski definition) is 0. The maximum Gasteiger partial charge on any atom is 0.185 e. The van der Waals surface area contributed by atoms with Crippen molar-refractivity contribution >= 4 is 11.9 Å². The molecule has 2 aromatic rings. The van der Waals surface area contributed by atoms with Gasteiger partial charge >= 0.3 is 0 Å². The largest absolute Gasteiger partial charge is 0.493 e. The zero-order valence-electron chi connectivity index (χ0n) is 12.5. The summed E-state index contributed by atoms with van der Waals surface area (Å²) in [6.45, 7) is -0.492. The minimum Gasteiger partial charge on any atom is -0.493 e. The fourth-order valence-electron chi connectivity index (χ4n) is 1.98. The molecule has 0 radical (unpaired) electrons.